The molecule has 0 radical (unpaired) electrons. The lowest BCUT2D eigenvalue weighted by molar-refractivity contribution is -0.151. The maximum atomic E-state index is 12.2. The average Bonchev–Trinajstić information content (AvgIpc) is 3.00. The first-order valence-corrected chi connectivity index (χ1v) is 8.27. The molecule has 0 amide bonds. The molecular formula is C22H16O4. The molecule has 3 aromatic carbocycles. The van der Waals surface area contributed by atoms with Crippen LogP contribution in [0.2, 0.25) is 0 Å². The van der Waals surface area contributed by atoms with Crippen molar-refractivity contribution in [1.29, 1.82) is 0 Å². The first-order valence-electron chi connectivity index (χ1n) is 8.27. The van der Waals surface area contributed by atoms with Crippen LogP contribution in [0, 0.1) is 0 Å². The summed E-state index contributed by atoms with van der Waals surface area (Å²) in [6, 6.07) is 21.4. The molecule has 4 rings (SSSR count). The van der Waals surface area contributed by atoms with E-state index in [1.807, 2.05) is 66.7 Å². The Morgan fingerprint density at radius 1 is 0.885 bits per heavy atom. The number of esters is 2. The highest BCUT2D eigenvalue weighted by Gasteiger charge is 2.31. The molecule has 3 aromatic rings. The molecule has 0 N–H and O–H groups in total. The van der Waals surface area contributed by atoms with Gasteiger partial charge in [0.05, 0.1) is 19.1 Å². The Kier molecular flexibility index (Phi) is 4.01. The molecule has 0 saturated carbocycles. The smallest absolute Gasteiger partial charge is 0.342 e. The van der Waals surface area contributed by atoms with Crippen molar-refractivity contribution in [1.82, 2.24) is 0 Å². The Morgan fingerprint density at radius 3 is 2.23 bits per heavy atom. The fraction of sp³-hybridized carbons (Fsp3) is 0.0909. The number of ether oxygens (including phenoxy) is 2. The lowest BCUT2D eigenvalue weighted by Gasteiger charge is -2.12. The number of carbonyl (C=O) groups is 2. The number of cyclic esters (lactones) is 2. The highest BCUT2D eigenvalue weighted by Crippen LogP contribution is 2.34. The fourth-order valence-electron chi connectivity index (χ4n) is 3.23. The van der Waals surface area contributed by atoms with Gasteiger partial charge in [-0.2, -0.15) is 0 Å². The van der Waals surface area contributed by atoms with Gasteiger partial charge < -0.3 is 9.47 Å². The Morgan fingerprint density at radius 2 is 1.58 bits per heavy atom. The van der Waals surface area contributed by atoms with Gasteiger partial charge in [-0.25, -0.2) is 4.79 Å². The molecule has 0 spiro atoms. The normalized spacial score (nSPS) is 15.9. The van der Waals surface area contributed by atoms with Crippen molar-refractivity contribution in [3.63, 3.8) is 0 Å². The maximum absolute atomic E-state index is 12.2. The molecule has 1 heterocycles. The second kappa shape index (κ2) is 6.48. The zero-order valence-electron chi connectivity index (χ0n) is 14.2. The molecule has 128 valence electrons. The molecule has 4 heteroatoms. The van der Waals surface area contributed by atoms with Crippen LogP contribution in [0.25, 0.3) is 16.3 Å². The van der Waals surface area contributed by atoms with Crippen LogP contribution in [0.15, 0.2) is 72.3 Å². The highest BCUT2D eigenvalue weighted by molar-refractivity contribution is 6.13. The molecule has 4 nitrogen and oxygen atoms in total. The van der Waals surface area contributed by atoms with E-state index in [0.29, 0.717) is 11.1 Å². The van der Waals surface area contributed by atoms with Crippen molar-refractivity contribution in [2.24, 2.45) is 0 Å². The summed E-state index contributed by atoms with van der Waals surface area (Å²) in [5.41, 5.74) is 2.81. The van der Waals surface area contributed by atoms with Crippen LogP contribution in [0.3, 0.4) is 0 Å². The van der Waals surface area contributed by atoms with Gasteiger partial charge in [0.25, 0.3) is 0 Å². The van der Waals surface area contributed by atoms with Gasteiger partial charge in [0.1, 0.15) is 5.75 Å². The van der Waals surface area contributed by atoms with Gasteiger partial charge in [0.15, 0.2) is 0 Å². The lowest BCUT2D eigenvalue weighted by Crippen LogP contribution is -2.01. The third-order valence-corrected chi connectivity index (χ3v) is 4.49. The second-order valence-electron chi connectivity index (χ2n) is 6.08. The minimum absolute atomic E-state index is 0.0208. The van der Waals surface area contributed by atoms with Gasteiger partial charge in [0.2, 0.25) is 0 Å². The monoisotopic (exact) mass is 344 g/mol. The number of hydrogen-bond donors (Lipinski definition) is 0. The molecule has 1 saturated heterocycles. The van der Waals surface area contributed by atoms with Crippen molar-refractivity contribution < 1.29 is 19.1 Å². The third kappa shape index (κ3) is 2.86. The number of fused-ring (bicyclic) bond motifs is 1. The van der Waals surface area contributed by atoms with E-state index >= 15 is 0 Å². The standard InChI is InChI=1S/C22H16O4/c1-25-18-10-8-15(9-11-18)21(19-13-20(23)26-22(19)24)17-7-6-14-4-2-3-5-16(14)12-17/h2-12H,13H2,1H3. The summed E-state index contributed by atoms with van der Waals surface area (Å²) in [4.78, 5) is 23.9. The summed E-state index contributed by atoms with van der Waals surface area (Å²) in [5, 5.41) is 2.18. The summed E-state index contributed by atoms with van der Waals surface area (Å²) in [6.07, 6.45) is -0.0208. The molecule has 0 atom stereocenters. The lowest BCUT2D eigenvalue weighted by atomic mass is 9.91. The molecule has 1 fully saturated rings. The van der Waals surface area contributed by atoms with Gasteiger partial charge in [-0.3, -0.25) is 4.79 Å². The predicted octanol–water partition coefficient (Wildman–Crippen LogP) is 4.12. The predicted molar refractivity (Wildman–Crippen MR) is 98.7 cm³/mol. The number of carbonyl (C=O) groups excluding carboxylic acids is 2. The quantitative estimate of drug-likeness (QED) is 0.407. The van der Waals surface area contributed by atoms with Crippen LogP contribution < -0.4 is 4.74 Å². The summed E-state index contributed by atoms with van der Waals surface area (Å²) in [7, 11) is 1.60. The van der Waals surface area contributed by atoms with Gasteiger partial charge in [-0.1, -0.05) is 48.5 Å². The largest absolute Gasteiger partial charge is 0.497 e. The number of benzene rings is 3. The molecule has 0 aromatic heterocycles. The summed E-state index contributed by atoms with van der Waals surface area (Å²) in [5.74, 6) is -0.368. The van der Waals surface area contributed by atoms with E-state index in [9.17, 15) is 9.59 Å². The van der Waals surface area contributed by atoms with Crippen LogP contribution >= 0.6 is 0 Å². The first-order chi connectivity index (χ1) is 12.7. The van der Waals surface area contributed by atoms with Crippen LogP contribution in [-0.2, 0) is 14.3 Å². The van der Waals surface area contributed by atoms with Gasteiger partial charge >= 0.3 is 11.9 Å². The van der Waals surface area contributed by atoms with Crippen LogP contribution in [0.4, 0.5) is 0 Å². The maximum Gasteiger partial charge on any atom is 0.342 e. The Hall–Kier alpha value is -3.40. The van der Waals surface area contributed by atoms with Crippen LogP contribution in [-0.4, -0.2) is 19.0 Å². The molecular weight excluding hydrogens is 328 g/mol. The summed E-state index contributed by atoms with van der Waals surface area (Å²) >= 11 is 0. The average molecular weight is 344 g/mol. The number of methoxy groups -OCH3 is 1. The molecule has 0 bridgehead atoms. The van der Waals surface area contributed by atoms with Crippen molar-refractivity contribution in [3.8, 4) is 5.75 Å². The highest BCUT2D eigenvalue weighted by atomic mass is 16.6. The minimum atomic E-state index is -0.575. The van der Waals surface area contributed by atoms with Gasteiger partial charge in [-0.05, 0) is 45.7 Å². The van der Waals surface area contributed by atoms with E-state index in [0.717, 1.165) is 27.6 Å². The van der Waals surface area contributed by atoms with Crippen molar-refractivity contribution >= 4 is 28.3 Å². The summed E-state index contributed by atoms with van der Waals surface area (Å²) in [6.45, 7) is 0. The van der Waals surface area contributed by atoms with Crippen molar-refractivity contribution in [2.45, 2.75) is 6.42 Å². The molecule has 0 unspecified atom stereocenters. The van der Waals surface area contributed by atoms with Crippen LogP contribution in [0.5, 0.6) is 5.75 Å². The zero-order valence-corrected chi connectivity index (χ0v) is 14.2. The third-order valence-electron chi connectivity index (χ3n) is 4.49. The van der Waals surface area contributed by atoms with E-state index in [-0.39, 0.29) is 6.42 Å². The second-order valence-corrected chi connectivity index (χ2v) is 6.08. The van der Waals surface area contributed by atoms with E-state index in [2.05, 4.69) is 0 Å². The van der Waals surface area contributed by atoms with E-state index in [4.69, 9.17) is 9.47 Å². The Balaban J connectivity index is 1.93. The van der Waals surface area contributed by atoms with Crippen molar-refractivity contribution in [3.05, 3.63) is 83.4 Å². The first kappa shape index (κ1) is 16.1. The van der Waals surface area contributed by atoms with E-state index in [1.165, 1.54) is 0 Å². The summed E-state index contributed by atoms with van der Waals surface area (Å²) < 4.78 is 9.98. The number of rotatable bonds is 3. The SMILES string of the molecule is COc1ccc(C(=C2CC(=O)OC2=O)c2ccc3ccccc3c2)cc1. The number of hydrogen-bond acceptors (Lipinski definition) is 4. The van der Waals surface area contributed by atoms with E-state index < -0.39 is 11.9 Å². The molecule has 0 aliphatic carbocycles. The topological polar surface area (TPSA) is 52.6 Å². The van der Waals surface area contributed by atoms with Gasteiger partial charge in [0, 0.05) is 0 Å². The fourth-order valence-corrected chi connectivity index (χ4v) is 3.23. The Bertz CT molecular complexity index is 1050. The molecule has 26 heavy (non-hydrogen) atoms. The molecule has 1 aliphatic rings. The van der Waals surface area contributed by atoms with Crippen molar-refractivity contribution in [2.75, 3.05) is 7.11 Å². The van der Waals surface area contributed by atoms with Crippen LogP contribution in [0.1, 0.15) is 17.5 Å². The molecule has 1 aliphatic heterocycles. The Labute approximate surface area is 150 Å². The van der Waals surface area contributed by atoms with Gasteiger partial charge in [-0.15, -0.1) is 0 Å². The zero-order chi connectivity index (χ0) is 18.1. The van der Waals surface area contributed by atoms with E-state index in [1.54, 1.807) is 7.11 Å². The minimum Gasteiger partial charge on any atom is -0.497 e.